The summed E-state index contributed by atoms with van der Waals surface area (Å²) in [5.74, 6) is -7.36. The second-order valence-corrected chi connectivity index (χ2v) is 2.53. The molecule has 0 amide bonds. The van der Waals surface area contributed by atoms with Gasteiger partial charge in [-0.2, -0.15) is 0 Å². The number of aliphatic hydroxyl groups is 2. The molecule has 0 heterocycles. The zero-order valence-corrected chi connectivity index (χ0v) is 6.82. The number of hydrogen-bond donors (Lipinski definition) is 2. The van der Waals surface area contributed by atoms with Crippen LogP contribution in [0.2, 0.25) is 0 Å². The molecule has 2 N–H and O–H groups in total. The van der Waals surface area contributed by atoms with E-state index in [1.165, 1.54) is 0 Å². The predicted molar refractivity (Wildman–Crippen MR) is 38.1 cm³/mol. The SMILES string of the molecule is OCc1c(F)c(F)c(F)c(F)c1CO. The molecular weight excluding hydrogens is 204 g/mol. The Labute approximate surface area is 76.4 Å². The third kappa shape index (κ3) is 1.46. The van der Waals surface area contributed by atoms with Gasteiger partial charge in [0, 0.05) is 11.1 Å². The Morgan fingerprint density at radius 3 is 1.14 bits per heavy atom. The molecule has 2 nitrogen and oxygen atoms in total. The van der Waals surface area contributed by atoms with Crippen molar-refractivity contribution in [3.05, 3.63) is 34.4 Å². The lowest BCUT2D eigenvalue weighted by Gasteiger charge is -2.09. The molecule has 0 saturated heterocycles. The van der Waals surface area contributed by atoms with Gasteiger partial charge in [0.15, 0.2) is 23.3 Å². The van der Waals surface area contributed by atoms with Crippen LogP contribution in [0.3, 0.4) is 0 Å². The second-order valence-electron chi connectivity index (χ2n) is 2.53. The third-order valence-corrected chi connectivity index (χ3v) is 1.79. The molecule has 0 fully saturated rings. The fourth-order valence-corrected chi connectivity index (χ4v) is 1.05. The van der Waals surface area contributed by atoms with Crippen LogP contribution in [0.15, 0.2) is 0 Å². The molecule has 14 heavy (non-hydrogen) atoms. The van der Waals surface area contributed by atoms with Gasteiger partial charge in [-0.1, -0.05) is 0 Å². The highest BCUT2D eigenvalue weighted by Gasteiger charge is 2.23. The van der Waals surface area contributed by atoms with Crippen LogP contribution in [-0.4, -0.2) is 10.2 Å². The fraction of sp³-hybridized carbons (Fsp3) is 0.250. The Morgan fingerprint density at radius 2 is 0.929 bits per heavy atom. The quantitative estimate of drug-likeness (QED) is 0.438. The molecular formula is C8H6F4O2. The Balaban J connectivity index is 3.57. The van der Waals surface area contributed by atoms with Crippen molar-refractivity contribution in [2.24, 2.45) is 0 Å². The Kier molecular flexibility index (Phi) is 3.07. The molecule has 0 unspecified atom stereocenters. The number of aliphatic hydroxyl groups excluding tert-OH is 2. The average molecular weight is 210 g/mol. The second kappa shape index (κ2) is 3.93. The maximum absolute atomic E-state index is 12.8. The van der Waals surface area contributed by atoms with Crippen LogP contribution in [0.25, 0.3) is 0 Å². The van der Waals surface area contributed by atoms with Crippen molar-refractivity contribution >= 4 is 0 Å². The Bertz CT molecular complexity index is 330. The molecule has 0 bridgehead atoms. The van der Waals surface area contributed by atoms with Gasteiger partial charge in [0.05, 0.1) is 13.2 Å². The third-order valence-electron chi connectivity index (χ3n) is 1.79. The van der Waals surface area contributed by atoms with E-state index in [-0.39, 0.29) is 0 Å². The maximum Gasteiger partial charge on any atom is 0.197 e. The van der Waals surface area contributed by atoms with Crippen molar-refractivity contribution < 1.29 is 27.8 Å². The van der Waals surface area contributed by atoms with Crippen molar-refractivity contribution in [1.29, 1.82) is 0 Å². The van der Waals surface area contributed by atoms with Crippen molar-refractivity contribution in [2.75, 3.05) is 0 Å². The van der Waals surface area contributed by atoms with E-state index in [2.05, 4.69) is 0 Å². The molecule has 0 aliphatic heterocycles. The van der Waals surface area contributed by atoms with Crippen molar-refractivity contribution in [3.63, 3.8) is 0 Å². The van der Waals surface area contributed by atoms with Gasteiger partial charge in [0.25, 0.3) is 0 Å². The summed E-state index contributed by atoms with van der Waals surface area (Å²) in [4.78, 5) is 0. The molecule has 0 atom stereocenters. The summed E-state index contributed by atoms with van der Waals surface area (Å²) in [6, 6.07) is 0. The largest absolute Gasteiger partial charge is 0.392 e. The minimum Gasteiger partial charge on any atom is -0.392 e. The van der Waals surface area contributed by atoms with E-state index < -0.39 is 47.6 Å². The number of rotatable bonds is 2. The molecule has 0 saturated carbocycles. The zero-order chi connectivity index (χ0) is 10.9. The minimum absolute atomic E-state index is 0.774. The highest BCUT2D eigenvalue weighted by molar-refractivity contribution is 5.31. The normalized spacial score (nSPS) is 10.7. The molecule has 0 spiro atoms. The summed E-state index contributed by atoms with van der Waals surface area (Å²) in [5, 5.41) is 17.1. The molecule has 6 heteroatoms. The van der Waals surface area contributed by atoms with E-state index in [1.807, 2.05) is 0 Å². The van der Waals surface area contributed by atoms with E-state index in [9.17, 15) is 17.6 Å². The van der Waals surface area contributed by atoms with Gasteiger partial charge in [-0.25, -0.2) is 17.6 Å². The molecule has 78 valence electrons. The van der Waals surface area contributed by atoms with Crippen LogP contribution in [0.4, 0.5) is 17.6 Å². The van der Waals surface area contributed by atoms with Gasteiger partial charge < -0.3 is 10.2 Å². The fourth-order valence-electron chi connectivity index (χ4n) is 1.05. The van der Waals surface area contributed by atoms with E-state index >= 15 is 0 Å². The highest BCUT2D eigenvalue weighted by Crippen LogP contribution is 2.24. The molecule has 1 rings (SSSR count). The van der Waals surface area contributed by atoms with Crippen LogP contribution in [-0.2, 0) is 13.2 Å². The summed E-state index contributed by atoms with van der Waals surface area (Å²) in [7, 11) is 0. The lowest BCUT2D eigenvalue weighted by atomic mass is 10.1. The van der Waals surface area contributed by atoms with Gasteiger partial charge in [0.1, 0.15) is 0 Å². The van der Waals surface area contributed by atoms with Gasteiger partial charge in [-0.3, -0.25) is 0 Å². The summed E-state index contributed by atoms with van der Waals surface area (Å²) >= 11 is 0. The number of halogens is 4. The van der Waals surface area contributed by atoms with Crippen LogP contribution in [0.5, 0.6) is 0 Å². The number of hydrogen-bond acceptors (Lipinski definition) is 2. The summed E-state index contributed by atoms with van der Waals surface area (Å²) in [5.41, 5.74) is -1.55. The first-order chi connectivity index (χ1) is 6.54. The maximum atomic E-state index is 12.8. The van der Waals surface area contributed by atoms with Gasteiger partial charge in [-0.15, -0.1) is 0 Å². The molecule has 0 radical (unpaired) electrons. The first-order valence-electron chi connectivity index (χ1n) is 3.60. The van der Waals surface area contributed by atoms with Crippen LogP contribution >= 0.6 is 0 Å². The van der Waals surface area contributed by atoms with Gasteiger partial charge in [0.2, 0.25) is 0 Å². The van der Waals surface area contributed by atoms with Crippen LogP contribution < -0.4 is 0 Å². The topological polar surface area (TPSA) is 40.5 Å². The van der Waals surface area contributed by atoms with Crippen molar-refractivity contribution in [3.8, 4) is 0 Å². The molecule has 1 aromatic rings. The highest BCUT2D eigenvalue weighted by atomic mass is 19.2. The first kappa shape index (κ1) is 10.9. The Hall–Kier alpha value is -1.14. The number of benzene rings is 1. The molecule has 1 aromatic carbocycles. The molecule has 0 aromatic heterocycles. The summed E-state index contributed by atoms with van der Waals surface area (Å²) < 4.78 is 50.8. The zero-order valence-electron chi connectivity index (χ0n) is 6.82. The molecule has 0 aliphatic carbocycles. The van der Waals surface area contributed by atoms with Crippen molar-refractivity contribution in [1.82, 2.24) is 0 Å². The van der Waals surface area contributed by atoms with Crippen LogP contribution in [0.1, 0.15) is 11.1 Å². The lowest BCUT2D eigenvalue weighted by Crippen LogP contribution is -2.08. The summed E-state index contributed by atoms with van der Waals surface area (Å²) in [6.07, 6.45) is 0. The molecule has 0 aliphatic rings. The van der Waals surface area contributed by atoms with E-state index in [0.29, 0.717) is 0 Å². The lowest BCUT2D eigenvalue weighted by molar-refractivity contribution is 0.243. The van der Waals surface area contributed by atoms with E-state index in [0.717, 1.165) is 0 Å². The smallest absolute Gasteiger partial charge is 0.197 e. The average Bonchev–Trinajstić information content (AvgIpc) is 2.20. The first-order valence-corrected chi connectivity index (χ1v) is 3.60. The van der Waals surface area contributed by atoms with E-state index in [1.54, 1.807) is 0 Å². The van der Waals surface area contributed by atoms with E-state index in [4.69, 9.17) is 10.2 Å². The van der Waals surface area contributed by atoms with Crippen LogP contribution in [0, 0.1) is 23.3 Å². The monoisotopic (exact) mass is 210 g/mol. The minimum atomic E-state index is -2.00. The summed E-state index contributed by atoms with van der Waals surface area (Å²) in [6.45, 7) is -2.04. The van der Waals surface area contributed by atoms with Gasteiger partial charge in [-0.05, 0) is 0 Å². The standard InChI is InChI=1S/C8H6F4O2/c9-5-3(1-13)4(2-14)6(10)8(12)7(5)11/h13-14H,1-2H2. The predicted octanol–water partition coefficient (Wildman–Crippen LogP) is 1.23. The Morgan fingerprint density at radius 1 is 0.643 bits per heavy atom. The van der Waals surface area contributed by atoms with Gasteiger partial charge >= 0.3 is 0 Å². The van der Waals surface area contributed by atoms with Crippen molar-refractivity contribution in [2.45, 2.75) is 13.2 Å².